The Morgan fingerprint density at radius 2 is 0.939 bits per heavy atom. The average molecular weight is 488 g/mol. The van der Waals surface area contributed by atoms with Gasteiger partial charge in [0.05, 0.1) is 45.4 Å². The van der Waals surface area contributed by atoms with Gasteiger partial charge in [0.2, 0.25) is 5.79 Å². The molecule has 0 radical (unpaired) electrons. The summed E-state index contributed by atoms with van der Waals surface area (Å²) in [6.07, 6.45) is 0. The molecule has 2 aromatic rings. The van der Waals surface area contributed by atoms with E-state index in [9.17, 15) is 0 Å². The summed E-state index contributed by atoms with van der Waals surface area (Å²) < 4.78 is 40.0. The Balaban J connectivity index is 1.40. The van der Waals surface area contributed by atoms with E-state index in [4.69, 9.17) is 28.1 Å². The fourth-order valence-electron chi connectivity index (χ4n) is 4.67. The van der Waals surface area contributed by atoms with E-state index in [0.29, 0.717) is 13.2 Å². The Morgan fingerprint density at radius 1 is 0.606 bits per heavy atom. The van der Waals surface area contributed by atoms with E-state index in [0.717, 1.165) is 30.4 Å². The SMILES string of the molecule is CC1(C)OB(c2cc3c(s2)-c2sc(B4OC(C)(C)C(C)(C)O4)cc2C32OCCO2)OC1(C)C. The number of thiophene rings is 2. The lowest BCUT2D eigenvalue weighted by Crippen LogP contribution is -2.41. The number of ether oxygens (including phenoxy) is 2. The number of rotatable bonds is 2. The standard InChI is InChI=1S/C23H30B2O6S2/c1-19(2)20(3,4)29-24(28-19)15-11-13-17(32-15)18-14(23(13)26-9-10-27-23)12-16(33-18)25-30-21(5,6)22(7,8)31-25/h11-12H,9-10H2,1-8H3. The van der Waals surface area contributed by atoms with Crippen LogP contribution in [-0.2, 0) is 33.9 Å². The molecule has 6 nitrogen and oxygen atoms in total. The lowest BCUT2D eigenvalue weighted by molar-refractivity contribution is -0.126. The highest BCUT2D eigenvalue weighted by molar-refractivity contribution is 7.31. The molecule has 3 aliphatic heterocycles. The smallest absolute Gasteiger partial charge is 0.399 e. The normalized spacial score (nSPS) is 27.5. The van der Waals surface area contributed by atoms with Gasteiger partial charge in [0.1, 0.15) is 0 Å². The molecule has 2 aromatic heterocycles. The quantitative estimate of drug-likeness (QED) is 0.603. The molecule has 0 aromatic carbocycles. The molecule has 0 N–H and O–H groups in total. The van der Waals surface area contributed by atoms with Gasteiger partial charge in [-0.05, 0) is 67.5 Å². The van der Waals surface area contributed by atoms with Gasteiger partial charge in [0.25, 0.3) is 0 Å². The molecule has 0 atom stereocenters. The lowest BCUT2D eigenvalue weighted by Gasteiger charge is -2.32. The molecule has 3 saturated heterocycles. The topological polar surface area (TPSA) is 55.4 Å². The maximum atomic E-state index is 6.33. The Morgan fingerprint density at radius 3 is 1.27 bits per heavy atom. The second kappa shape index (κ2) is 6.73. The molecule has 33 heavy (non-hydrogen) atoms. The maximum absolute atomic E-state index is 6.33. The van der Waals surface area contributed by atoms with Crippen molar-refractivity contribution in [2.24, 2.45) is 0 Å². The highest BCUT2D eigenvalue weighted by Gasteiger charge is 2.57. The van der Waals surface area contributed by atoms with Crippen LogP contribution in [0.1, 0.15) is 66.5 Å². The van der Waals surface area contributed by atoms with E-state index >= 15 is 0 Å². The van der Waals surface area contributed by atoms with Gasteiger partial charge in [-0.1, -0.05) is 0 Å². The van der Waals surface area contributed by atoms with Crippen LogP contribution in [0, 0.1) is 0 Å². The number of fused-ring (bicyclic) bond motifs is 5. The zero-order valence-electron chi connectivity index (χ0n) is 20.5. The van der Waals surface area contributed by atoms with Gasteiger partial charge in [-0.2, -0.15) is 0 Å². The Hall–Kier alpha value is -0.710. The molecular formula is C23H30B2O6S2. The molecular weight excluding hydrogens is 458 g/mol. The molecule has 3 fully saturated rings. The van der Waals surface area contributed by atoms with Gasteiger partial charge in [-0.25, -0.2) is 0 Å². The Labute approximate surface area is 204 Å². The van der Waals surface area contributed by atoms with E-state index in [1.165, 1.54) is 0 Å². The van der Waals surface area contributed by atoms with Crippen LogP contribution < -0.4 is 9.55 Å². The fourth-order valence-corrected chi connectivity index (χ4v) is 7.14. The summed E-state index contributed by atoms with van der Waals surface area (Å²) in [5.74, 6) is -0.874. The minimum absolute atomic E-state index is 0.387. The van der Waals surface area contributed by atoms with E-state index < -0.39 is 20.0 Å². The van der Waals surface area contributed by atoms with Crippen molar-refractivity contribution >= 4 is 46.5 Å². The molecule has 10 heteroatoms. The van der Waals surface area contributed by atoms with Crippen molar-refractivity contribution in [3.05, 3.63) is 23.3 Å². The van der Waals surface area contributed by atoms with Crippen molar-refractivity contribution < 1.29 is 28.1 Å². The van der Waals surface area contributed by atoms with Gasteiger partial charge in [-0.3, -0.25) is 0 Å². The molecule has 176 valence electrons. The summed E-state index contributed by atoms with van der Waals surface area (Å²) >= 11 is 3.40. The third kappa shape index (κ3) is 3.02. The van der Waals surface area contributed by atoms with Crippen molar-refractivity contribution in [2.45, 2.75) is 83.6 Å². The second-order valence-corrected chi connectivity index (χ2v) is 13.4. The van der Waals surface area contributed by atoms with Crippen molar-refractivity contribution in [3.63, 3.8) is 0 Å². The van der Waals surface area contributed by atoms with Crippen LogP contribution in [0.25, 0.3) is 9.75 Å². The van der Waals surface area contributed by atoms with E-state index in [-0.39, 0.29) is 22.4 Å². The molecule has 0 amide bonds. The van der Waals surface area contributed by atoms with E-state index in [1.807, 2.05) is 0 Å². The largest absolute Gasteiger partial charge is 0.505 e. The van der Waals surface area contributed by atoms with Crippen LogP contribution in [0.2, 0.25) is 0 Å². The number of hydrogen-bond acceptors (Lipinski definition) is 8. The first-order valence-corrected chi connectivity index (χ1v) is 13.2. The highest BCUT2D eigenvalue weighted by Crippen LogP contribution is 2.56. The third-order valence-corrected chi connectivity index (χ3v) is 10.6. The molecule has 5 heterocycles. The highest BCUT2D eigenvalue weighted by atomic mass is 32.1. The van der Waals surface area contributed by atoms with Crippen molar-refractivity contribution in [1.29, 1.82) is 0 Å². The minimum atomic E-state index is -0.874. The van der Waals surface area contributed by atoms with E-state index in [2.05, 4.69) is 67.5 Å². The second-order valence-electron chi connectivity index (χ2n) is 11.3. The summed E-state index contributed by atoms with van der Waals surface area (Å²) in [5, 5.41) is 0. The van der Waals surface area contributed by atoms with Gasteiger partial charge in [0, 0.05) is 20.7 Å². The zero-order chi connectivity index (χ0) is 23.6. The predicted molar refractivity (Wildman–Crippen MR) is 132 cm³/mol. The zero-order valence-corrected chi connectivity index (χ0v) is 22.1. The van der Waals surface area contributed by atoms with Gasteiger partial charge in [-0.15, -0.1) is 22.7 Å². The van der Waals surface area contributed by atoms with Crippen molar-refractivity contribution in [1.82, 2.24) is 0 Å². The van der Waals surface area contributed by atoms with E-state index in [1.54, 1.807) is 22.7 Å². The monoisotopic (exact) mass is 488 g/mol. The molecule has 0 saturated carbocycles. The first kappa shape index (κ1) is 22.7. The van der Waals surface area contributed by atoms with Gasteiger partial charge < -0.3 is 28.1 Å². The molecule has 0 unspecified atom stereocenters. The summed E-state index contributed by atoms with van der Waals surface area (Å²) in [4.78, 5) is 2.31. The maximum Gasteiger partial charge on any atom is 0.505 e. The van der Waals surface area contributed by atoms with Gasteiger partial charge in [0.15, 0.2) is 0 Å². The average Bonchev–Trinajstić information content (AvgIpc) is 3.47. The van der Waals surface area contributed by atoms with Crippen LogP contribution in [0.3, 0.4) is 0 Å². The van der Waals surface area contributed by atoms with Crippen molar-refractivity contribution in [2.75, 3.05) is 13.2 Å². The van der Waals surface area contributed by atoms with Crippen LogP contribution >= 0.6 is 22.7 Å². The molecule has 1 aliphatic carbocycles. The van der Waals surface area contributed by atoms with Crippen LogP contribution in [0.4, 0.5) is 0 Å². The summed E-state index contributed by atoms with van der Waals surface area (Å²) in [5.41, 5.74) is 0.558. The molecule has 4 aliphatic rings. The summed E-state index contributed by atoms with van der Waals surface area (Å²) in [6.45, 7) is 17.7. The van der Waals surface area contributed by atoms with Crippen LogP contribution in [0.15, 0.2) is 12.1 Å². The lowest BCUT2D eigenvalue weighted by atomic mass is 9.85. The van der Waals surface area contributed by atoms with Crippen LogP contribution in [-0.4, -0.2) is 49.9 Å². The van der Waals surface area contributed by atoms with Gasteiger partial charge >= 0.3 is 14.2 Å². The Bertz CT molecular complexity index is 1010. The first-order valence-electron chi connectivity index (χ1n) is 11.5. The fraction of sp³-hybridized carbons (Fsp3) is 0.652. The minimum Gasteiger partial charge on any atom is -0.399 e. The number of hydrogen-bond donors (Lipinski definition) is 0. The van der Waals surface area contributed by atoms with Crippen LogP contribution in [0.5, 0.6) is 0 Å². The Kier molecular flexibility index (Phi) is 4.64. The first-order chi connectivity index (χ1) is 15.3. The molecule has 1 spiro atoms. The molecule has 6 rings (SSSR count). The third-order valence-electron chi connectivity index (χ3n) is 8.08. The van der Waals surface area contributed by atoms with Crippen molar-refractivity contribution in [3.8, 4) is 9.75 Å². The summed E-state index contributed by atoms with van der Waals surface area (Å²) in [7, 11) is -0.815. The predicted octanol–water partition coefficient (Wildman–Crippen LogP) is 3.64. The summed E-state index contributed by atoms with van der Waals surface area (Å²) in [6, 6.07) is 4.29. The molecule has 0 bridgehead atoms.